The quantitative estimate of drug-likeness (QED) is 0.809. The maximum absolute atomic E-state index is 5.69. The first-order valence-corrected chi connectivity index (χ1v) is 6.34. The Kier molecular flexibility index (Phi) is 3.86. The molecule has 0 saturated carbocycles. The number of nitrogens with zero attached hydrogens (tertiary/aromatic N) is 4. The molecule has 0 bridgehead atoms. The molecule has 0 amide bonds. The van der Waals surface area contributed by atoms with Gasteiger partial charge in [0.05, 0.1) is 0 Å². The first-order valence-electron chi connectivity index (χ1n) is 6.34. The number of anilines is 3. The molecule has 1 aliphatic heterocycles. The number of nitrogens with two attached hydrogens (primary N) is 2. The minimum absolute atomic E-state index is 0.250. The van der Waals surface area contributed by atoms with Crippen molar-refractivity contribution >= 4 is 17.6 Å². The van der Waals surface area contributed by atoms with Crippen molar-refractivity contribution in [3.05, 3.63) is 6.07 Å². The second-order valence-corrected chi connectivity index (χ2v) is 5.20. The molecule has 0 spiro atoms. The van der Waals surface area contributed by atoms with E-state index in [2.05, 4.69) is 33.9 Å². The summed E-state index contributed by atoms with van der Waals surface area (Å²) in [5, 5.41) is 0. The van der Waals surface area contributed by atoms with Crippen LogP contribution in [0.3, 0.4) is 0 Å². The van der Waals surface area contributed by atoms with Gasteiger partial charge in [0, 0.05) is 25.7 Å². The van der Waals surface area contributed by atoms with E-state index in [0.29, 0.717) is 5.82 Å². The van der Waals surface area contributed by atoms with Crippen LogP contribution in [0.5, 0.6) is 0 Å². The smallest absolute Gasteiger partial charge is 0.223 e. The zero-order valence-corrected chi connectivity index (χ0v) is 11.1. The van der Waals surface area contributed by atoms with Crippen molar-refractivity contribution in [1.29, 1.82) is 0 Å². The summed E-state index contributed by atoms with van der Waals surface area (Å²) in [4.78, 5) is 12.6. The van der Waals surface area contributed by atoms with E-state index in [0.717, 1.165) is 31.4 Å². The zero-order chi connectivity index (χ0) is 13.1. The van der Waals surface area contributed by atoms with Gasteiger partial charge in [0.15, 0.2) is 0 Å². The molecule has 18 heavy (non-hydrogen) atoms. The Balaban J connectivity index is 1.96. The number of rotatable bonds is 3. The topological polar surface area (TPSA) is 84.3 Å². The summed E-state index contributed by atoms with van der Waals surface area (Å²) in [5.41, 5.74) is 11.3. The predicted octanol–water partition coefficient (Wildman–Crippen LogP) is 0.419. The Morgan fingerprint density at radius 1 is 1.28 bits per heavy atom. The summed E-state index contributed by atoms with van der Waals surface area (Å²) in [7, 11) is 4.25. The summed E-state index contributed by atoms with van der Waals surface area (Å²) in [6.45, 7) is 3.17. The normalized spacial score (nSPS) is 17.4. The van der Waals surface area contributed by atoms with Crippen LogP contribution in [0.4, 0.5) is 17.6 Å². The molecular weight excluding hydrogens is 228 g/mol. The first-order chi connectivity index (χ1) is 8.54. The van der Waals surface area contributed by atoms with Crippen LogP contribution < -0.4 is 16.4 Å². The molecule has 4 N–H and O–H groups in total. The van der Waals surface area contributed by atoms with E-state index in [1.807, 2.05) is 0 Å². The summed E-state index contributed by atoms with van der Waals surface area (Å²) >= 11 is 0. The lowest BCUT2D eigenvalue weighted by Gasteiger charge is -2.34. The van der Waals surface area contributed by atoms with Gasteiger partial charge in [0.25, 0.3) is 0 Å². The number of hydrogen-bond acceptors (Lipinski definition) is 6. The van der Waals surface area contributed by atoms with Gasteiger partial charge in [-0.3, -0.25) is 0 Å². The van der Waals surface area contributed by atoms with Gasteiger partial charge in [-0.2, -0.15) is 9.97 Å². The van der Waals surface area contributed by atoms with Gasteiger partial charge in [-0.1, -0.05) is 0 Å². The third kappa shape index (κ3) is 3.22. The summed E-state index contributed by atoms with van der Waals surface area (Å²) < 4.78 is 0. The van der Waals surface area contributed by atoms with Crippen LogP contribution in [-0.2, 0) is 0 Å². The van der Waals surface area contributed by atoms with Crippen molar-refractivity contribution in [2.45, 2.75) is 12.8 Å². The van der Waals surface area contributed by atoms with Crippen molar-refractivity contribution < 1.29 is 0 Å². The third-order valence-corrected chi connectivity index (χ3v) is 3.31. The first kappa shape index (κ1) is 12.9. The van der Waals surface area contributed by atoms with Crippen LogP contribution in [0.25, 0.3) is 0 Å². The largest absolute Gasteiger partial charge is 0.383 e. The Labute approximate surface area is 108 Å². The van der Waals surface area contributed by atoms with Crippen LogP contribution in [0.1, 0.15) is 12.8 Å². The van der Waals surface area contributed by atoms with Gasteiger partial charge in [0.1, 0.15) is 11.6 Å². The molecular formula is C12H22N6. The van der Waals surface area contributed by atoms with Crippen molar-refractivity contribution in [2.24, 2.45) is 5.92 Å². The Hall–Kier alpha value is -1.56. The van der Waals surface area contributed by atoms with Crippen LogP contribution >= 0.6 is 0 Å². The van der Waals surface area contributed by atoms with E-state index >= 15 is 0 Å². The number of nitrogen functional groups attached to an aromatic ring is 2. The zero-order valence-electron chi connectivity index (χ0n) is 11.1. The molecule has 100 valence electrons. The second kappa shape index (κ2) is 5.39. The fourth-order valence-corrected chi connectivity index (χ4v) is 2.49. The molecule has 6 heteroatoms. The number of hydrogen-bond donors (Lipinski definition) is 2. The van der Waals surface area contributed by atoms with Crippen molar-refractivity contribution in [2.75, 3.05) is 50.1 Å². The SMILES string of the molecule is CN(C)CC1CCN(c2cc(N)nc(N)n2)CC1. The lowest BCUT2D eigenvalue weighted by atomic mass is 9.96. The Morgan fingerprint density at radius 3 is 2.50 bits per heavy atom. The molecule has 0 aliphatic carbocycles. The van der Waals surface area contributed by atoms with E-state index < -0.39 is 0 Å². The second-order valence-electron chi connectivity index (χ2n) is 5.20. The van der Waals surface area contributed by atoms with Crippen LogP contribution in [-0.4, -0.2) is 48.6 Å². The highest BCUT2D eigenvalue weighted by Crippen LogP contribution is 2.23. The van der Waals surface area contributed by atoms with Gasteiger partial charge in [-0.25, -0.2) is 0 Å². The van der Waals surface area contributed by atoms with Crippen LogP contribution in [0, 0.1) is 5.92 Å². The molecule has 6 nitrogen and oxygen atoms in total. The summed E-state index contributed by atoms with van der Waals surface area (Å²) in [6.07, 6.45) is 2.37. The van der Waals surface area contributed by atoms with Crippen LogP contribution in [0.2, 0.25) is 0 Å². The molecule has 0 unspecified atom stereocenters. The minimum Gasteiger partial charge on any atom is -0.383 e. The summed E-state index contributed by atoms with van der Waals surface area (Å²) in [5.74, 6) is 2.31. The number of aromatic nitrogens is 2. The fraction of sp³-hybridized carbons (Fsp3) is 0.667. The van der Waals surface area contributed by atoms with E-state index in [1.54, 1.807) is 6.07 Å². The maximum atomic E-state index is 5.69. The van der Waals surface area contributed by atoms with Gasteiger partial charge in [-0.05, 0) is 32.9 Å². The maximum Gasteiger partial charge on any atom is 0.223 e. The van der Waals surface area contributed by atoms with Crippen LogP contribution in [0.15, 0.2) is 6.07 Å². The number of piperidine rings is 1. The average Bonchev–Trinajstić information content (AvgIpc) is 2.27. The van der Waals surface area contributed by atoms with Gasteiger partial charge < -0.3 is 21.3 Å². The third-order valence-electron chi connectivity index (χ3n) is 3.31. The molecule has 0 atom stereocenters. The van der Waals surface area contributed by atoms with E-state index in [4.69, 9.17) is 11.5 Å². The Morgan fingerprint density at radius 2 is 1.94 bits per heavy atom. The van der Waals surface area contributed by atoms with E-state index in [1.165, 1.54) is 12.8 Å². The molecule has 0 aromatic carbocycles. The molecule has 1 aromatic heterocycles. The van der Waals surface area contributed by atoms with Crippen molar-refractivity contribution in [3.63, 3.8) is 0 Å². The average molecular weight is 250 g/mol. The molecule has 1 fully saturated rings. The minimum atomic E-state index is 0.250. The molecule has 1 aromatic rings. The lowest BCUT2D eigenvalue weighted by molar-refractivity contribution is 0.284. The highest BCUT2D eigenvalue weighted by molar-refractivity contribution is 5.50. The van der Waals surface area contributed by atoms with Crippen molar-refractivity contribution in [1.82, 2.24) is 14.9 Å². The molecule has 2 heterocycles. The van der Waals surface area contributed by atoms with Gasteiger partial charge in [-0.15, -0.1) is 0 Å². The molecule has 0 radical (unpaired) electrons. The van der Waals surface area contributed by atoms with Crippen molar-refractivity contribution in [3.8, 4) is 0 Å². The molecule has 1 saturated heterocycles. The van der Waals surface area contributed by atoms with Gasteiger partial charge in [0.2, 0.25) is 5.95 Å². The fourth-order valence-electron chi connectivity index (χ4n) is 2.49. The summed E-state index contributed by atoms with van der Waals surface area (Å²) in [6, 6.07) is 1.79. The standard InChI is InChI=1S/C12H22N6/c1-17(2)8-9-3-5-18(6-4-9)11-7-10(13)15-12(14)16-11/h7,9H,3-6,8H2,1-2H3,(H4,13,14,15,16). The highest BCUT2D eigenvalue weighted by atomic mass is 15.2. The highest BCUT2D eigenvalue weighted by Gasteiger charge is 2.21. The lowest BCUT2D eigenvalue weighted by Crippen LogP contribution is -2.37. The monoisotopic (exact) mass is 250 g/mol. The predicted molar refractivity (Wildman–Crippen MR) is 74.3 cm³/mol. The molecule has 1 aliphatic rings. The van der Waals surface area contributed by atoms with E-state index in [9.17, 15) is 0 Å². The van der Waals surface area contributed by atoms with Gasteiger partial charge >= 0.3 is 0 Å². The van der Waals surface area contributed by atoms with E-state index in [-0.39, 0.29) is 5.95 Å². The molecule has 2 rings (SSSR count). The Bertz CT molecular complexity index is 377.